The number of carbonyl (C=O) groups is 1. The molecule has 92 valence electrons. The van der Waals surface area contributed by atoms with E-state index in [-0.39, 0.29) is 11.8 Å². The van der Waals surface area contributed by atoms with Crippen molar-refractivity contribution in [2.45, 2.75) is 51.6 Å². The number of hydrogen-bond acceptors (Lipinski definition) is 3. The molecule has 0 aromatic heterocycles. The van der Waals surface area contributed by atoms with Gasteiger partial charge in [-0.3, -0.25) is 15.1 Å². The van der Waals surface area contributed by atoms with Crippen molar-refractivity contribution in [3.8, 4) is 0 Å². The van der Waals surface area contributed by atoms with Crippen LogP contribution in [0.15, 0.2) is 0 Å². The van der Waals surface area contributed by atoms with Crippen LogP contribution in [0.3, 0.4) is 0 Å². The van der Waals surface area contributed by atoms with Crippen molar-refractivity contribution >= 4 is 5.91 Å². The normalized spacial score (nSPS) is 24.2. The lowest BCUT2D eigenvalue weighted by Gasteiger charge is -2.32. The van der Waals surface area contributed by atoms with Crippen LogP contribution in [-0.2, 0) is 4.79 Å². The minimum absolute atomic E-state index is 0.0238. The van der Waals surface area contributed by atoms with Crippen LogP contribution >= 0.6 is 0 Å². The Kier molecular flexibility index (Phi) is 3.50. The number of carbonyl (C=O) groups excluding carboxylic acids is 1. The van der Waals surface area contributed by atoms with Crippen molar-refractivity contribution in [2.24, 2.45) is 17.7 Å². The highest BCUT2D eigenvalue weighted by molar-refractivity contribution is 5.78. The zero-order valence-corrected chi connectivity index (χ0v) is 10.3. The van der Waals surface area contributed by atoms with Crippen molar-refractivity contribution in [2.75, 3.05) is 6.54 Å². The van der Waals surface area contributed by atoms with Crippen LogP contribution in [0, 0.1) is 11.8 Å². The largest absolute Gasteiger partial charge is 0.297 e. The Balaban J connectivity index is 1.92. The molecule has 4 nitrogen and oxygen atoms in total. The van der Waals surface area contributed by atoms with Gasteiger partial charge in [0.15, 0.2) is 0 Å². The third kappa shape index (κ3) is 2.74. The van der Waals surface area contributed by atoms with Crippen LogP contribution in [0.5, 0.6) is 0 Å². The van der Waals surface area contributed by atoms with Crippen LogP contribution in [0.2, 0.25) is 0 Å². The SMILES string of the molecule is CC(C(=O)NN)C(C)N(CC1CC1)C1CC1. The third-order valence-corrected chi connectivity index (χ3v) is 3.98. The number of hydrogen-bond donors (Lipinski definition) is 2. The van der Waals surface area contributed by atoms with E-state index in [2.05, 4.69) is 17.2 Å². The Morgan fingerprint density at radius 1 is 1.38 bits per heavy atom. The lowest BCUT2D eigenvalue weighted by atomic mass is 10.0. The summed E-state index contributed by atoms with van der Waals surface area (Å²) in [5, 5.41) is 0. The van der Waals surface area contributed by atoms with Gasteiger partial charge in [-0.2, -0.15) is 0 Å². The van der Waals surface area contributed by atoms with Gasteiger partial charge in [0.2, 0.25) is 5.91 Å². The molecule has 0 saturated heterocycles. The van der Waals surface area contributed by atoms with Gasteiger partial charge in [-0.25, -0.2) is 5.84 Å². The molecule has 1 amide bonds. The molecule has 0 aromatic carbocycles. The van der Waals surface area contributed by atoms with Gasteiger partial charge in [0.1, 0.15) is 0 Å². The fourth-order valence-electron chi connectivity index (χ4n) is 2.29. The number of nitrogens with one attached hydrogen (secondary N) is 1. The molecular weight excluding hydrogens is 202 g/mol. The highest BCUT2D eigenvalue weighted by atomic mass is 16.2. The Hall–Kier alpha value is -0.610. The van der Waals surface area contributed by atoms with Gasteiger partial charge in [0, 0.05) is 18.6 Å². The topological polar surface area (TPSA) is 58.4 Å². The van der Waals surface area contributed by atoms with E-state index in [0.29, 0.717) is 6.04 Å². The van der Waals surface area contributed by atoms with Gasteiger partial charge >= 0.3 is 0 Å². The quantitative estimate of drug-likeness (QED) is 0.401. The molecule has 0 aliphatic heterocycles. The molecule has 2 fully saturated rings. The summed E-state index contributed by atoms with van der Waals surface area (Å²) >= 11 is 0. The van der Waals surface area contributed by atoms with E-state index in [1.165, 1.54) is 32.2 Å². The molecule has 0 spiro atoms. The molecule has 2 aliphatic rings. The Labute approximate surface area is 97.5 Å². The maximum Gasteiger partial charge on any atom is 0.238 e. The highest BCUT2D eigenvalue weighted by Crippen LogP contribution is 2.37. The number of rotatable bonds is 6. The molecule has 0 bridgehead atoms. The van der Waals surface area contributed by atoms with Crippen LogP contribution in [0.4, 0.5) is 0 Å². The third-order valence-electron chi connectivity index (χ3n) is 3.98. The molecule has 2 rings (SSSR count). The number of nitrogens with zero attached hydrogens (tertiary/aromatic N) is 1. The first-order valence-electron chi connectivity index (χ1n) is 6.39. The molecule has 2 unspecified atom stereocenters. The second-order valence-electron chi connectivity index (χ2n) is 5.41. The highest BCUT2D eigenvalue weighted by Gasteiger charge is 2.38. The molecular formula is C12H23N3O. The second-order valence-corrected chi connectivity index (χ2v) is 5.41. The first-order valence-corrected chi connectivity index (χ1v) is 6.39. The van der Waals surface area contributed by atoms with Gasteiger partial charge in [-0.1, -0.05) is 6.92 Å². The van der Waals surface area contributed by atoms with E-state index in [9.17, 15) is 4.79 Å². The summed E-state index contributed by atoms with van der Waals surface area (Å²) in [6.07, 6.45) is 5.34. The first-order chi connectivity index (χ1) is 7.63. The number of nitrogens with two attached hydrogens (primary N) is 1. The van der Waals surface area contributed by atoms with Crippen molar-refractivity contribution in [3.63, 3.8) is 0 Å². The summed E-state index contributed by atoms with van der Waals surface area (Å²) < 4.78 is 0. The zero-order valence-electron chi connectivity index (χ0n) is 10.3. The van der Waals surface area contributed by atoms with Crippen LogP contribution in [0.1, 0.15) is 39.5 Å². The van der Waals surface area contributed by atoms with E-state index >= 15 is 0 Å². The van der Waals surface area contributed by atoms with Crippen molar-refractivity contribution < 1.29 is 4.79 Å². The maximum atomic E-state index is 11.5. The maximum absolute atomic E-state index is 11.5. The zero-order chi connectivity index (χ0) is 11.7. The summed E-state index contributed by atoms with van der Waals surface area (Å²) in [6.45, 7) is 5.30. The Bertz CT molecular complexity index is 261. The van der Waals surface area contributed by atoms with Gasteiger partial charge in [0.25, 0.3) is 0 Å². The van der Waals surface area contributed by atoms with Crippen molar-refractivity contribution in [3.05, 3.63) is 0 Å². The fourth-order valence-corrected chi connectivity index (χ4v) is 2.29. The fraction of sp³-hybridized carbons (Fsp3) is 0.917. The lowest BCUT2D eigenvalue weighted by Crippen LogP contribution is -2.47. The van der Waals surface area contributed by atoms with Crippen LogP contribution in [0.25, 0.3) is 0 Å². The van der Waals surface area contributed by atoms with E-state index in [0.717, 1.165) is 12.0 Å². The van der Waals surface area contributed by atoms with E-state index in [4.69, 9.17) is 5.84 Å². The molecule has 0 aromatic rings. The van der Waals surface area contributed by atoms with Gasteiger partial charge < -0.3 is 0 Å². The molecule has 16 heavy (non-hydrogen) atoms. The van der Waals surface area contributed by atoms with Crippen molar-refractivity contribution in [1.82, 2.24) is 10.3 Å². The molecule has 3 N–H and O–H groups in total. The molecule has 2 aliphatic carbocycles. The first kappa shape index (κ1) is 11.9. The van der Waals surface area contributed by atoms with Gasteiger partial charge in [0.05, 0.1) is 5.92 Å². The summed E-state index contributed by atoms with van der Waals surface area (Å²) in [4.78, 5) is 14.1. The molecule has 0 radical (unpaired) electrons. The minimum atomic E-state index is -0.0473. The average Bonchev–Trinajstić information content (AvgIpc) is 3.15. The molecule has 4 heteroatoms. The van der Waals surface area contributed by atoms with Gasteiger partial charge in [-0.05, 0) is 38.5 Å². The van der Waals surface area contributed by atoms with Crippen LogP contribution < -0.4 is 11.3 Å². The standard InChI is InChI=1S/C12H23N3O/c1-8(12(16)14-13)9(2)15(11-5-6-11)7-10-3-4-10/h8-11H,3-7,13H2,1-2H3,(H,14,16). The summed E-state index contributed by atoms with van der Waals surface area (Å²) in [5.74, 6) is 6.01. The number of hydrazine groups is 1. The summed E-state index contributed by atoms with van der Waals surface area (Å²) in [7, 11) is 0. The van der Waals surface area contributed by atoms with E-state index < -0.39 is 0 Å². The van der Waals surface area contributed by atoms with Crippen molar-refractivity contribution in [1.29, 1.82) is 0 Å². The summed E-state index contributed by atoms with van der Waals surface area (Å²) in [6, 6.07) is 1.03. The molecule has 0 heterocycles. The predicted octanol–water partition coefficient (Wildman–Crippen LogP) is 0.875. The predicted molar refractivity (Wildman–Crippen MR) is 63.4 cm³/mol. The second kappa shape index (κ2) is 4.72. The molecule has 2 atom stereocenters. The van der Waals surface area contributed by atoms with E-state index in [1.54, 1.807) is 0 Å². The Morgan fingerprint density at radius 2 is 2.00 bits per heavy atom. The van der Waals surface area contributed by atoms with E-state index in [1.807, 2.05) is 6.92 Å². The summed E-state index contributed by atoms with van der Waals surface area (Å²) in [5.41, 5.74) is 2.26. The van der Waals surface area contributed by atoms with Crippen LogP contribution in [-0.4, -0.2) is 29.4 Å². The number of amides is 1. The monoisotopic (exact) mass is 225 g/mol. The molecule has 2 saturated carbocycles. The average molecular weight is 225 g/mol. The lowest BCUT2D eigenvalue weighted by molar-refractivity contribution is -0.126. The Morgan fingerprint density at radius 3 is 2.44 bits per heavy atom. The minimum Gasteiger partial charge on any atom is -0.297 e. The smallest absolute Gasteiger partial charge is 0.238 e. The van der Waals surface area contributed by atoms with Gasteiger partial charge in [-0.15, -0.1) is 0 Å².